The van der Waals surface area contributed by atoms with E-state index in [2.05, 4.69) is 4.72 Å². The van der Waals surface area contributed by atoms with Crippen LogP contribution in [0, 0.1) is 0 Å². The van der Waals surface area contributed by atoms with Crippen LogP contribution >= 0.6 is 0 Å². The molecule has 0 aliphatic carbocycles. The summed E-state index contributed by atoms with van der Waals surface area (Å²) < 4.78 is 33.0. The molecule has 0 saturated heterocycles. The Bertz CT molecular complexity index is 776. The molecule has 3 rings (SSSR count). The second-order valence-electron chi connectivity index (χ2n) is 5.59. The molecule has 6 heteroatoms. The number of benzene rings is 2. The monoisotopic (exact) mass is 332 g/mol. The lowest BCUT2D eigenvalue weighted by atomic mass is 10.1. The van der Waals surface area contributed by atoms with E-state index in [1.807, 2.05) is 30.3 Å². The zero-order valence-corrected chi connectivity index (χ0v) is 13.6. The van der Waals surface area contributed by atoms with Gasteiger partial charge in [0.15, 0.2) is 0 Å². The number of aryl methyl sites for hydroxylation is 1. The van der Waals surface area contributed by atoms with E-state index in [-0.39, 0.29) is 17.5 Å². The maximum absolute atomic E-state index is 12.4. The SMILES string of the molecule is NC(CNS(=O)(=O)c1ccc2c(c1)CCCO2)c1ccccc1. The number of hydrogen-bond donors (Lipinski definition) is 2. The van der Waals surface area contributed by atoms with Crippen LogP contribution in [0.4, 0.5) is 0 Å². The van der Waals surface area contributed by atoms with Gasteiger partial charge in [-0.15, -0.1) is 0 Å². The quantitative estimate of drug-likeness (QED) is 0.877. The van der Waals surface area contributed by atoms with Crippen molar-refractivity contribution in [3.63, 3.8) is 0 Å². The Morgan fingerprint density at radius 1 is 1.17 bits per heavy atom. The van der Waals surface area contributed by atoms with Crippen molar-refractivity contribution in [1.82, 2.24) is 4.72 Å². The second kappa shape index (κ2) is 6.70. The van der Waals surface area contributed by atoms with E-state index >= 15 is 0 Å². The number of nitrogens with one attached hydrogen (secondary N) is 1. The van der Waals surface area contributed by atoms with E-state index < -0.39 is 10.0 Å². The van der Waals surface area contributed by atoms with Crippen molar-refractivity contribution < 1.29 is 13.2 Å². The highest BCUT2D eigenvalue weighted by atomic mass is 32.2. The fraction of sp³-hybridized carbons (Fsp3) is 0.294. The smallest absolute Gasteiger partial charge is 0.240 e. The highest BCUT2D eigenvalue weighted by Gasteiger charge is 2.19. The van der Waals surface area contributed by atoms with Gasteiger partial charge in [0.1, 0.15) is 5.75 Å². The molecule has 1 aliphatic heterocycles. The highest BCUT2D eigenvalue weighted by Crippen LogP contribution is 2.27. The van der Waals surface area contributed by atoms with Crippen LogP contribution < -0.4 is 15.2 Å². The Balaban J connectivity index is 1.72. The van der Waals surface area contributed by atoms with Crippen LogP contribution in [0.25, 0.3) is 0 Å². The Hall–Kier alpha value is -1.89. The zero-order chi connectivity index (χ0) is 16.3. The minimum absolute atomic E-state index is 0.153. The Kier molecular flexibility index (Phi) is 4.66. The molecule has 0 radical (unpaired) electrons. The molecule has 1 aliphatic rings. The van der Waals surface area contributed by atoms with Crippen molar-refractivity contribution in [3.05, 3.63) is 59.7 Å². The van der Waals surface area contributed by atoms with E-state index in [1.54, 1.807) is 18.2 Å². The van der Waals surface area contributed by atoms with Crippen LogP contribution in [0.15, 0.2) is 53.4 Å². The molecule has 0 fully saturated rings. The van der Waals surface area contributed by atoms with Crippen molar-refractivity contribution in [3.8, 4) is 5.75 Å². The predicted molar refractivity (Wildman–Crippen MR) is 88.8 cm³/mol. The van der Waals surface area contributed by atoms with Gasteiger partial charge < -0.3 is 10.5 Å². The van der Waals surface area contributed by atoms with Crippen LogP contribution in [0.5, 0.6) is 5.75 Å². The second-order valence-corrected chi connectivity index (χ2v) is 7.36. The first-order chi connectivity index (χ1) is 11.1. The minimum Gasteiger partial charge on any atom is -0.493 e. The Morgan fingerprint density at radius 2 is 1.96 bits per heavy atom. The van der Waals surface area contributed by atoms with Crippen LogP contribution in [0.3, 0.4) is 0 Å². The van der Waals surface area contributed by atoms with Gasteiger partial charge in [-0.1, -0.05) is 30.3 Å². The zero-order valence-electron chi connectivity index (χ0n) is 12.7. The van der Waals surface area contributed by atoms with E-state index in [0.717, 1.165) is 29.7 Å². The fourth-order valence-electron chi connectivity index (χ4n) is 2.60. The molecule has 122 valence electrons. The molecule has 2 aromatic carbocycles. The predicted octanol–water partition coefficient (Wildman–Crippen LogP) is 1.99. The molecular formula is C17H20N2O3S. The lowest BCUT2D eigenvalue weighted by molar-refractivity contribution is 0.288. The summed E-state index contributed by atoms with van der Waals surface area (Å²) in [6.07, 6.45) is 1.74. The summed E-state index contributed by atoms with van der Waals surface area (Å²) in [7, 11) is -3.58. The largest absolute Gasteiger partial charge is 0.493 e. The van der Waals surface area contributed by atoms with Gasteiger partial charge in [-0.05, 0) is 42.2 Å². The highest BCUT2D eigenvalue weighted by molar-refractivity contribution is 7.89. The molecule has 1 heterocycles. The first-order valence-corrected chi connectivity index (χ1v) is 9.10. The third-order valence-electron chi connectivity index (χ3n) is 3.91. The third kappa shape index (κ3) is 3.72. The average Bonchev–Trinajstić information content (AvgIpc) is 2.60. The molecule has 0 amide bonds. The molecule has 5 nitrogen and oxygen atoms in total. The summed E-state index contributed by atoms with van der Waals surface area (Å²) in [5, 5.41) is 0. The fourth-order valence-corrected chi connectivity index (χ4v) is 3.72. The van der Waals surface area contributed by atoms with Crippen molar-refractivity contribution in [2.24, 2.45) is 5.73 Å². The lowest BCUT2D eigenvalue weighted by Crippen LogP contribution is -2.32. The summed E-state index contributed by atoms with van der Waals surface area (Å²) in [4.78, 5) is 0.252. The van der Waals surface area contributed by atoms with Crippen molar-refractivity contribution in [2.75, 3.05) is 13.2 Å². The molecule has 1 unspecified atom stereocenters. The van der Waals surface area contributed by atoms with Gasteiger partial charge in [0.2, 0.25) is 10.0 Å². The lowest BCUT2D eigenvalue weighted by Gasteiger charge is -2.18. The number of ether oxygens (including phenoxy) is 1. The number of fused-ring (bicyclic) bond motifs is 1. The molecule has 23 heavy (non-hydrogen) atoms. The maximum atomic E-state index is 12.4. The first-order valence-electron chi connectivity index (χ1n) is 7.62. The number of nitrogens with two attached hydrogens (primary N) is 1. The van der Waals surface area contributed by atoms with Gasteiger partial charge in [-0.2, -0.15) is 0 Å². The Morgan fingerprint density at radius 3 is 2.74 bits per heavy atom. The van der Waals surface area contributed by atoms with E-state index in [4.69, 9.17) is 10.5 Å². The number of rotatable bonds is 5. The Labute approximate surface area is 136 Å². The van der Waals surface area contributed by atoms with Crippen molar-refractivity contribution in [1.29, 1.82) is 0 Å². The van der Waals surface area contributed by atoms with E-state index in [0.29, 0.717) is 6.61 Å². The third-order valence-corrected chi connectivity index (χ3v) is 5.33. The van der Waals surface area contributed by atoms with Gasteiger partial charge in [-0.25, -0.2) is 13.1 Å². The van der Waals surface area contributed by atoms with Crippen LogP contribution in [-0.2, 0) is 16.4 Å². The molecule has 0 spiro atoms. The van der Waals surface area contributed by atoms with Gasteiger partial charge >= 0.3 is 0 Å². The van der Waals surface area contributed by atoms with Gasteiger partial charge in [0, 0.05) is 12.6 Å². The van der Waals surface area contributed by atoms with Crippen LogP contribution in [0.2, 0.25) is 0 Å². The minimum atomic E-state index is -3.58. The summed E-state index contributed by atoms with van der Waals surface area (Å²) >= 11 is 0. The molecule has 0 aromatic heterocycles. The standard InChI is InChI=1S/C17H20N2O3S/c18-16(13-5-2-1-3-6-13)12-19-23(20,21)15-8-9-17-14(11-15)7-4-10-22-17/h1-3,5-6,8-9,11,16,19H,4,7,10,12,18H2. The normalized spacial score (nSPS) is 15.5. The van der Waals surface area contributed by atoms with Gasteiger partial charge in [-0.3, -0.25) is 0 Å². The molecular weight excluding hydrogens is 312 g/mol. The maximum Gasteiger partial charge on any atom is 0.240 e. The molecule has 1 atom stereocenters. The summed E-state index contributed by atoms with van der Waals surface area (Å²) in [5.74, 6) is 0.774. The molecule has 3 N–H and O–H groups in total. The van der Waals surface area contributed by atoms with Gasteiger partial charge in [0.25, 0.3) is 0 Å². The summed E-state index contributed by atoms with van der Waals surface area (Å²) in [5.41, 5.74) is 7.88. The average molecular weight is 332 g/mol. The molecule has 0 bridgehead atoms. The van der Waals surface area contributed by atoms with Gasteiger partial charge in [0.05, 0.1) is 11.5 Å². The summed E-state index contributed by atoms with van der Waals surface area (Å²) in [6.45, 7) is 0.837. The van der Waals surface area contributed by atoms with E-state index in [1.165, 1.54) is 0 Å². The van der Waals surface area contributed by atoms with Crippen molar-refractivity contribution >= 4 is 10.0 Å². The molecule has 2 aromatic rings. The van der Waals surface area contributed by atoms with Crippen LogP contribution in [0.1, 0.15) is 23.6 Å². The van der Waals surface area contributed by atoms with E-state index in [9.17, 15) is 8.42 Å². The number of sulfonamides is 1. The summed E-state index contributed by atoms with van der Waals surface area (Å²) in [6, 6.07) is 14.0. The number of hydrogen-bond acceptors (Lipinski definition) is 4. The topological polar surface area (TPSA) is 81.4 Å². The first kappa shape index (κ1) is 16.0. The van der Waals surface area contributed by atoms with Crippen molar-refractivity contribution in [2.45, 2.75) is 23.8 Å². The van der Waals surface area contributed by atoms with Crippen LogP contribution in [-0.4, -0.2) is 21.6 Å². The molecule has 0 saturated carbocycles.